The zero-order valence-corrected chi connectivity index (χ0v) is 21.7. The number of carbonyl (C=O) groups is 2. The van der Waals surface area contributed by atoms with Gasteiger partial charge in [-0.25, -0.2) is 0 Å². The average Bonchev–Trinajstić information content (AvgIpc) is 3.24. The average molecular weight is 518 g/mol. The van der Waals surface area contributed by atoms with Crippen LogP contribution in [0.5, 0.6) is 5.75 Å². The molecule has 1 N–H and O–H groups in total. The van der Waals surface area contributed by atoms with Crippen LogP contribution >= 0.6 is 11.6 Å². The Kier molecular flexibility index (Phi) is 6.91. The van der Waals surface area contributed by atoms with Gasteiger partial charge in [0.15, 0.2) is 0 Å². The van der Waals surface area contributed by atoms with Gasteiger partial charge in [-0.05, 0) is 35.9 Å². The van der Waals surface area contributed by atoms with Crippen LogP contribution in [0.1, 0.15) is 33.4 Å². The van der Waals surface area contributed by atoms with Crippen LogP contribution in [0.15, 0.2) is 72.9 Å². The van der Waals surface area contributed by atoms with Crippen LogP contribution in [0.25, 0.3) is 10.9 Å². The molecule has 2 amide bonds. The molecule has 0 fully saturated rings. The van der Waals surface area contributed by atoms with E-state index >= 15 is 0 Å². The molecular formula is C29H28ClN3O4. The lowest BCUT2D eigenvalue weighted by atomic mass is 9.79. The van der Waals surface area contributed by atoms with Gasteiger partial charge >= 0.3 is 0 Å². The van der Waals surface area contributed by atoms with Crippen molar-refractivity contribution < 1.29 is 19.1 Å². The molecule has 0 saturated carbocycles. The molecule has 4 aromatic rings. The SMILES string of the molecule is COCCN1C(=O)c2ccccc2C(C(=O)Nc2cc(Cl)ccc2OC)C1c1cn(C)c2ccccc12. The van der Waals surface area contributed by atoms with E-state index in [1.165, 1.54) is 0 Å². The Morgan fingerprint density at radius 3 is 2.57 bits per heavy atom. The number of aryl methyl sites for hydroxylation is 1. The number of aromatic nitrogens is 1. The molecular weight excluding hydrogens is 490 g/mol. The second kappa shape index (κ2) is 10.3. The van der Waals surface area contributed by atoms with Crippen LogP contribution in [0.2, 0.25) is 5.02 Å². The van der Waals surface area contributed by atoms with Crippen molar-refractivity contribution in [1.82, 2.24) is 9.47 Å². The Hall–Kier alpha value is -3.81. The summed E-state index contributed by atoms with van der Waals surface area (Å²) in [5.74, 6) is -0.591. The molecule has 2 unspecified atom stereocenters. The van der Waals surface area contributed by atoms with Crippen LogP contribution in [0.3, 0.4) is 0 Å². The third-order valence-electron chi connectivity index (χ3n) is 6.92. The molecule has 7 nitrogen and oxygen atoms in total. The number of fused-ring (bicyclic) bond motifs is 2. The molecule has 5 rings (SSSR count). The van der Waals surface area contributed by atoms with Gasteiger partial charge in [-0.2, -0.15) is 0 Å². The minimum Gasteiger partial charge on any atom is -0.495 e. The number of nitrogens with one attached hydrogen (secondary N) is 1. The second-order valence-electron chi connectivity index (χ2n) is 9.05. The zero-order valence-electron chi connectivity index (χ0n) is 20.9. The number of hydrogen-bond acceptors (Lipinski definition) is 4. The minimum absolute atomic E-state index is 0.130. The third-order valence-corrected chi connectivity index (χ3v) is 7.16. The number of halogens is 1. The fourth-order valence-electron chi connectivity index (χ4n) is 5.25. The highest BCUT2D eigenvalue weighted by atomic mass is 35.5. The maximum Gasteiger partial charge on any atom is 0.254 e. The van der Waals surface area contributed by atoms with Crippen LogP contribution in [0.4, 0.5) is 5.69 Å². The first-order valence-corrected chi connectivity index (χ1v) is 12.4. The number of carbonyl (C=O) groups excluding carboxylic acids is 2. The number of methoxy groups -OCH3 is 2. The molecule has 1 aromatic heterocycles. The maximum absolute atomic E-state index is 14.2. The second-order valence-corrected chi connectivity index (χ2v) is 9.48. The molecule has 190 valence electrons. The van der Waals surface area contributed by atoms with Crippen LogP contribution < -0.4 is 10.1 Å². The topological polar surface area (TPSA) is 72.8 Å². The molecule has 2 atom stereocenters. The van der Waals surface area contributed by atoms with Crippen molar-refractivity contribution in [3.63, 3.8) is 0 Å². The Bertz CT molecular complexity index is 1480. The van der Waals surface area contributed by atoms with Gasteiger partial charge in [0.2, 0.25) is 5.91 Å². The number of amides is 2. The quantitative estimate of drug-likeness (QED) is 0.356. The predicted molar refractivity (Wildman–Crippen MR) is 144 cm³/mol. The minimum atomic E-state index is -0.694. The van der Waals surface area contributed by atoms with Gasteiger partial charge in [0, 0.05) is 54.0 Å². The molecule has 0 bridgehead atoms. The summed E-state index contributed by atoms with van der Waals surface area (Å²) >= 11 is 6.24. The summed E-state index contributed by atoms with van der Waals surface area (Å²) in [7, 11) is 5.11. The first kappa shape index (κ1) is 24.9. The van der Waals surface area contributed by atoms with Crippen molar-refractivity contribution in [3.8, 4) is 5.75 Å². The summed E-state index contributed by atoms with van der Waals surface area (Å²) in [5.41, 5.74) is 3.57. The van der Waals surface area contributed by atoms with Crippen molar-refractivity contribution in [1.29, 1.82) is 0 Å². The highest BCUT2D eigenvalue weighted by Crippen LogP contribution is 2.46. The molecule has 8 heteroatoms. The zero-order chi connectivity index (χ0) is 26.1. The number of benzene rings is 3. The molecule has 0 spiro atoms. The smallest absolute Gasteiger partial charge is 0.254 e. The molecule has 1 aliphatic rings. The maximum atomic E-state index is 14.2. The van der Waals surface area contributed by atoms with Crippen molar-refractivity contribution in [3.05, 3.63) is 94.6 Å². The third kappa shape index (κ3) is 4.45. The van der Waals surface area contributed by atoms with Gasteiger partial charge in [-0.15, -0.1) is 0 Å². The number of para-hydroxylation sites is 1. The standard InChI is InChI=1S/C29H28ClN3O4/c1-32-17-22(19-8-6-7-11-24(19)32)27-26(28(34)31-23-16-18(30)12-13-25(23)37-3)20-9-4-5-10-21(20)29(35)33(27)14-15-36-2/h4-13,16-17,26-27H,14-15H2,1-3H3,(H,31,34). The van der Waals surface area contributed by atoms with E-state index in [2.05, 4.69) is 5.32 Å². The Labute approximate surface area is 220 Å². The number of nitrogens with zero attached hydrogens (tertiary/aromatic N) is 2. The summed E-state index contributed by atoms with van der Waals surface area (Å²) in [6, 6.07) is 19.8. The van der Waals surface area contributed by atoms with Crippen LogP contribution in [-0.2, 0) is 16.6 Å². The van der Waals surface area contributed by atoms with Crippen molar-refractivity contribution in [2.24, 2.45) is 7.05 Å². The monoisotopic (exact) mass is 517 g/mol. The number of ether oxygens (including phenoxy) is 2. The lowest BCUT2D eigenvalue weighted by molar-refractivity contribution is -0.119. The van der Waals surface area contributed by atoms with E-state index in [4.69, 9.17) is 21.1 Å². The molecule has 1 aliphatic heterocycles. The number of hydrogen-bond donors (Lipinski definition) is 1. The normalized spacial score (nSPS) is 17.1. The fourth-order valence-corrected chi connectivity index (χ4v) is 5.43. The Balaban J connectivity index is 1.70. The van der Waals surface area contributed by atoms with Gasteiger partial charge in [-0.1, -0.05) is 48.0 Å². The summed E-state index contributed by atoms with van der Waals surface area (Å²) in [6.45, 7) is 0.674. The van der Waals surface area contributed by atoms with Gasteiger partial charge in [-0.3, -0.25) is 9.59 Å². The van der Waals surface area contributed by atoms with E-state index in [0.29, 0.717) is 40.7 Å². The Morgan fingerprint density at radius 1 is 1.03 bits per heavy atom. The van der Waals surface area contributed by atoms with E-state index < -0.39 is 12.0 Å². The van der Waals surface area contributed by atoms with Crippen molar-refractivity contribution in [2.45, 2.75) is 12.0 Å². The Morgan fingerprint density at radius 2 is 1.78 bits per heavy atom. The molecule has 37 heavy (non-hydrogen) atoms. The molecule has 0 radical (unpaired) electrons. The van der Waals surface area contributed by atoms with Gasteiger partial charge in [0.25, 0.3) is 5.91 Å². The van der Waals surface area contributed by atoms with Gasteiger partial charge in [0.05, 0.1) is 31.4 Å². The summed E-state index contributed by atoms with van der Waals surface area (Å²) in [5, 5.41) is 4.50. The van der Waals surface area contributed by atoms with Crippen LogP contribution in [-0.4, -0.2) is 48.7 Å². The molecule has 2 heterocycles. The highest BCUT2D eigenvalue weighted by molar-refractivity contribution is 6.31. The van der Waals surface area contributed by atoms with E-state index in [0.717, 1.165) is 16.5 Å². The number of anilines is 1. The van der Waals surface area contributed by atoms with E-state index in [-0.39, 0.29) is 11.8 Å². The predicted octanol–water partition coefficient (Wildman–Crippen LogP) is 5.41. The van der Waals surface area contributed by atoms with Crippen LogP contribution in [0, 0.1) is 0 Å². The van der Waals surface area contributed by atoms with E-state index in [9.17, 15) is 9.59 Å². The summed E-state index contributed by atoms with van der Waals surface area (Å²) in [4.78, 5) is 29.7. The summed E-state index contributed by atoms with van der Waals surface area (Å²) in [6.07, 6.45) is 2.01. The van der Waals surface area contributed by atoms with Gasteiger partial charge in [0.1, 0.15) is 5.75 Å². The highest BCUT2D eigenvalue weighted by Gasteiger charge is 2.45. The van der Waals surface area contributed by atoms with Gasteiger partial charge < -0.3 is 24.3 Å². The summed E-state index contributed by atoms with van der Waals surface area (Å²) < 4.78 is 12.9. The number of rotatable bonds is 7. The molecule has 0 saturated heterocycles. The van der Waals surface area contributed by atoms with Crippen molar-refractivity contribution in [2.75, 3.05) is 32.7 Å². The first-order chi connectivity index (χ1) is 17.9. The van der Waals surface area contributed by atoms with E-state index in [1.807, 2.05) is 60.3 Å². The lowest BCUT2D eigenvalue weighted by Crippen LogP contribution is -2.47. The molecule has 3 aromatic carbocycles. The first-order valence-electron chi connectivity index (χ1n) is 12.0. The van der Waals surface area contributed by atoms with E-state index in [1.54, 1.807) is 43.4 Å². The molecule has 0 aliphatic carbocycles. The largest absolute Gasteiger partial charge is 0.495 e. The van der Waals surface area contributed by atoms with Crippen molar-refractivity contribution >= 4 is 40.0 Å². The fraction of sp³-hybridized carbons (Fsp3) is 0.241. The lowest BCUT2D eigenvalue weighted by Gasteiger charge is -2.41.